The average Bonchev–Trinajstić information content (AvgIpc) is 2.69. The third-order valence-corrected chi connectivity index (χ3v) is 3.53. The second-order valence-electron chi connectivity index (χ2n) is 5.02. The van der Waals surface area contributed by atoms with E-state index in [2.05, 4.69) is 16.0 Å². The largest absolute Gasteiger partial charge is 0.383 e. The predicted molar refractivity (Wildman–Crippen MR) is 83.6 cm³/mol. The maximum Gasteiger partial charge on any atom is 0.321 e. The highest BCUT2D eigenvalue weighted by Crippen LogP contribution is 2.29. The Bertz CT molecular complexity index is 518. The molecule has 0 fully saturated rings. The van der Waals surface area contributed by atoms with E-state index < -0.39 is 12.1 Å². The van der Waals surface area contributed by atoms with Crippen LogP contribution >= 0.6 is 0 Å². The van der Waals surface area contributed by atoms with Crippen molar-refractivity contribution in [2.75, 3.05) is 29.9 Å². The number of amides is 3. The van der Waals surface area contributed by atoms with Gasteiger partial charge in [0.15, 0.2) is 0 Å². The quantitative estimate of drug-likeness (QED) is 0.789. The molecular formula is C15H22N4O2. The number of imide groups is 1. The third kappa shape index (κ3) is 3.65. The van der Waals surface area contributed by atoms with E-state index >= 15 is 0 Å². The lowest BCUT2D eigenvalue weighted by atomic mass is 10.2. The Morgan fingerprint density at radius 2 is 2.14 bits per heavy atom. The van der Waals surface area contributed by atoms with Crippen molar-refractivity contribution in [1.29, 1.82) is 0 Å². The van der Waals surface area contributed by atoms with Gasteiger partial charge in [0.25, 0.3) is 0 Å². The maximum atomic E-state index is 12.2. The summed E-state index contributed by atoms with van der Waals surface area (Å²) in [5, 5.41) is 8.30. The van der Waals surface area contributed by atoms with Crippen molar-refractivity contribution in [3.8, 4) is 0 Å². The van der Waals surface area contributed by atoms with Crippen molar-refractivity contribution in [2.45, 2.75) is 26.3 Å². The van der Waals surface area contributed by atoms with E-state index in [4.69, 9.17) is 0 Å². The van der Waals surface area contributed by atoms with Crippen molar-refractivity contribution in [1.82, 2.24) is 10.6 Å². The zero-order valence-corrected chi connectivity index (χ0v) is 12.5. The van der Waals surface area contributed by atoms with Crippen LogP contribution < -0.4 is 20.9 Å². The van der Waals surface area contributed by atoms with Gasteiger partial charge in [0.2, 0.25) is 5.91 Å². The first-order valence-electron chi connectivity index (χ1n) is 7.31. The summed E-state index contributed by atoms with van der Waals surface area (Å²) < 4.78 is 0. The molecule has 0 radical (unpaired) electrons. The van der Waals surface area contributed by atoms with Crippen LogP contribution in [0.4, 0.5) is 16.2 Å². The van der Waals surface area contributed by atoms with Crippen molar-refractivity contribution in [3.63, 3.8) is 0 Å². The fraction of sp³-hybridized carbons (Fsp3) is 0.467. The highest BCUT2D eigenvalue weighted by molar-refractivity contribution is 5.98. The van der Waals surface area contributed by atoms with Crippen LogP contribution in [0.1, 0.15) is 20.3 Å². The fourth-order valence-electron chi connectivity index (χ4n) is 2.43. The summed E-state index contributed by atoms with van der Waals surface area (Å²) in [5.74, 6) is -0.294. The predicted octanol–water partition coefficient (Wildman–Crippen LogP) is 1.54. The highest BCUT2D eigenvalue weighted by atomic mass is 16.2. The standard InChI is InChI=1S/C15H22N4O2/c1-3-16-15(21)18-14(20)11(2)19-10-6-9-17-12-7-4-5-8-13(12)19/h4-5,7-8,11,17H,3,6,9-10H2,1-2H3,(H2,16,18,20,21). The number of hydrogen-bond donors (Lipinski definition) is 3. The number of benzene rings is 1. The van der Waals surface area contributed by atoms with Gasteiger partial charge in [-0.3, -0.25) is 10.1 Å². The minimum atomic E-state index is -0.449. The lowest BCUT2D eigenvalue weighted by molar-refractivity contribution is -0.121. The first-order valence-corrected chi connectivity index (χ1v) is 7.31. The van der Waals surface area contributed by atoms with Gasteiger partial charge >= 0.3 is 6.03 Å². The van der Waals surface area contributed by atoms with Crippen molar-refractivity contribution < 1.29 is 9.59 Å². The number of hydrogen-bond acceptors (Lipinski definition) is 4. The number of fused-ring (bicyclic) bond motifs is 1. The minimum absolute atomic E-state index is 0.294. The smallest absolute Gasteiger partial charge is 0.321 e. The molecule has 2 rings (SSSR count). The second-order valence-corrected chi connectivity index (χ2v) is 5.02. The van der Waals surface area contributed by atoms with E-state index in [9.17, 15) is 9.59 Å². The summed E-state index contributed by atoms with van der Waals surface area (Å²) in [6.45, 7) is 5.76. The summed E-state index contributed by atoms with van der Waals surface area (Å²) >= 11 is 0. The molecule has 0 saturated carbocycles. The summed E-state index contributed by atoms with van der Waals surface area (Å²) in [6.07, 6.45) is 0.938. The van der Waals surface area contributed by atoms with Crippen LogP contribution in [0.25, 0.3) is 0 Å². The van der Waals surface area contributed by atoms with Crippen LogP contribution in [0.5, 0.6) is 0 Å². The van der Waals surface area contributed by atoms with Gasteiger partial charge in [-0.05, 0) is 32.4 Å². The highest BCUT2D eigenvalue weighted by Gasteiger charge is 2.25. The van der Waals surface area contributed by atoms with Crippen molar-refractivity contribution >= 4 is 23.3 Å². The number of anilines is 2. The van der Waals surface area contributed by atoms with Crippen LogP contribution in [-0.2, 0) is 4.79 Å². The van der Waals surface area contributed by atoms with Gasteiger partial charge in [0.05, 0.1) is 11.4 Å². The monoisotopic (exact) mass is 290 g/mol. The number of para-hydroxylation sites is 2. The molecule has 6 nitrogen and oxygen atoms in total. The Balaban J connectivity index is 2.13. The van der Waals surface area contributed by atoms with Gasteiger partial charge in [0.1, 0.15) is 6.04 Å². The molecule has 1 aliphatic heterocycles. The molecule has 1 aromatic rings. The number of carbonyl (C=O) groups is 2. The average molecular weight is 290 g/mol. The zero-order chi connectivity index (χ0) is 15.2. The maximum absolute atomic E-state index is 12.2. The fourth-order valence-corrected chi connectivity index (χ4v) is 2.43. The van der Waals surface area contributed by atoms with Crippen LogP contribution in [0.3, 0.4) is 0 Å². The number of carbonyl (C=O) groups excluding carboxylic acids is 2. The molecule has 0 aromatic heterocycles. The van der Waals surface area contributed by atoms with E-state index in [1.807, 2.05) is 43.0 Å². The first-order chi connectivity index (χ1) is 10.1. The molecule has 1 unspecified atom stereocenters. The van der Waals surface area contributed by atoms with E-state index in [0.717, 1.165) is 30.9 Å². The number of nitrogens with zero attached hydrogens (tertiary/aromatic N) is 1. The first kappa shape index (κ1) is 15.2. The molecule has 1 heterocycles. The van der Waals surface area contributed by atoms with E-state index in [1.165, 1.54) is 0 Å². The summed E-state index contributed by atoms with van der Waals surface area (Å²) in [5.41, 5.74) is 2.02. The molecule has 0 bridgehead atoms. The Kier molecular flexibility index (Phi) is 5.03. The van der Waals surface area contributed by atoms with Gasteiger partial charge in [-0.25, -0.2) is 4.79 Å². The Hall–Kier alpha value is -2.24. The zero-order valence-electron chi connectivity index (χ0n) is 12.5. The number of nitrogens with one attached hydrogen (secondary N) is 3. The number of urea groups is 1. The van der Waals surface area contributed by atoms with E-state index in [1.54, 1.807) is 0 Å². The Morgan fingerprint density at radius 3 is 2.90 bits per heavy atom. The molecule has 1 aliphatic rings. The van der Waals surface area contributed by atoms with Crippen LogP contribution in [0.2, 0.25) is 0 Å². The van der Waals surface area contributed by atoms with Crippen molar-refractivity contribution in [3.05, 3.63) is 24.3 Å². The Labute approximate surface area is 124 Å². The summed E-state index contributed by atoms with van der Waals surface area (Å²) in [6, 6.07) is 7.05. The third-order valence-electron chi connectivity index (χ3n) is 3.53. The number of rotatable bonds is 3. The van der Waals surface area contributed by atoms with E-state index in [0.29, 0.717) is 6.54 Å². The molecule has 114 valence electrons. The summed E-state index contributed by atoms with van der Waals surface area (Å²) in [4.78, 5) is 25.7. The Morgan fingerprint density at radius 1 is 1.38 bits per heavy atom. The van der Waals surface area contributed by atoms with Gasteiger partial charge < -0.3 is 15.5 Å². The summed E-state index contributed by atoms with van der Waals surface area (Å²) in [7, 11) is 0. The molecule has 3 amide bonds. The molecule has 1 aromatic carbocycles. The SMILES string of the molecule is CCNC(=O)NC(=O)C(C)N1CCCNc2ccccc21. The van der Waals surface area contributed by atoms with Gasteiger partial charge in [-0.15, -0.1) is 0 Å². The normalized spacial score (nSPS) is 15.2. The minimum Gasteiger partial charge on any atom is -0.383 e. The topological polar surface area (TPSA) is 73.5 Å². The van der Waals surface area contributed by atoms with Crippen LogP contribution in [-0.4, -0.2) is 37.6 Å². The molecule has 1 atom stereocenters. The molecule has 0 spiro atoms. The molecule has 0 aliphatic carbocycles. The van der Waals surface area contributed by atoms with Crippen LogP contribution in [0.15, 0.2) is 24.3 Å². The van der Waals surface area contributed by atoms with Gasteiger partial charge in [0, 0.05) is 19.6 Å². The molecular weight excluding hydrogens is 268 g/mol. The van der Waals surface area contributed by atoms with Gasteiger partial charge in [-0.2, -0.15) is 0 Å². The lowest BCUT2D eigenvalue weighted by Gasteiger charge is -2.29. The van der Waals surface area contributed by atoms with Gasteiger partial charge in [-0.1, -0.05) is 12.1 Å². The molecule has 6 heteroatoms. The second kappa shape index (κ2) is 6.97. The molecule has 0 saturated heterocycles. The van der Waals surface area contributed by atoms with Crippen LogP contribution in [0, 0.1) is 0 Å². The molecule has 3 N–H and O–H groups in total. The van der Waals surface area contributed by atoms with E-state index in [-0.39, 0.29) is 5.91 Å². The molecule has 21 heavy (non-hydrogen) atoms. The van der Waals surface area contributed by atoms with Crippen molar-refractivity contribution in [2.24, 2.45) is 0 Å². The lowest BCUT2D eigenvalue weighted by Crippen LogP contribution is -2.50.